The van der Waals surface area contributed by atoms with E-state index in [4.69, 9.17) is 5.11 Å². The maximum Gasteiger partial charge on any atom is 0.317 e. The van der Waals surface area contributed by atoms with Crippen molar-refractivity contribution in [3.63, 3.8) is 0 Å². The molecule has 0 unspecified atom stereocenters. The minimum Gasteiger partial charge on any atom is -0.480 e. The molecule has 1 saturated heterocycles. The first-order chi connectivity index (χ1) is 9.16. The summed E-state index contributed by atoms with van der Waals surface area (Å²) in [7, 11) is 0. The standard InChI is InChI=1S/C14H18N2O3/c17-13(18)10-16-8-4-7-12(16)14(19)15-9-11-5-2-1-3-6-11/h1-3,5-6,12H,4,7-10H2,(H,15,19)(H,17,18)/t12-/m0/s1. The van der Waals surface area contributed by atoms with Gasteiger partial charge in [-0.05, 0) is 24.9 Å². The first-order valence-corrected chi connectivity index (χ1v) is 6.44. The van der Waals surface area contributed by atoms with Gasteiger partial charge in [0.05, 0.1) is 12.6 Å². The monoisotopic (exact) mass is 262 g/mol. The molecule has 1 aromatic carbocycles. The third kappa shape index (κ3) is 3.79. The first kappa shape index (κ1) is 13.5. The Balaban J connectivity index is 1.87. The van der Waals surface area contributed by atoms with Crippen LogP contribution in [0.4, 0.5) is 0 Å². The van der Waals surface area contributed by atoms with Crippen molar-refractivity contribution < 1.29 is 14.7 Å². The van der Waals surface area contributed by atoms with Crippen molar-refractivity contribution in [2.75, 3.05) is 13.1 Å². The Labute approximate surface area is 112 Å². The zero-order valence-electron chi connectivity index (χ0n) is 10.7. The lowest BCUT2D eigenvalue weighted by Crippen LogP contribution is -2.44. The van der Waals surface area contributed by atoms with E-state index in [1.165, 1.54) is 0 Å². The number of nitrogens with one attached hydrogen (secondary N) is 1. The minimum absolute atomic E-state index is 0.0660. The predicted octanol–water partition coefficient (Wildman–Crippen LogP) is 0.852. The molecule has 0 aliphatic carbocycles. The highest BCUT2D eigenvalue weighted by molar-refractivity contribution is 5.82. The van der Waals surface area contributed by atoms with Gasteiger partial charge in [-0.3, -0.25) is 14.5 Å². The second-order valence-electron chi connectivity index (χ2n) is 4.73. The average Bonchev–Trinajstić information content (AvgIpc) is 2.84. The number of aliphatic carboxylic acids is 1. The number of carboxylic acid groups (broad SMARTS) is 1. The van der Waals surface area contributed by atoms with Crippen LogP contribution in [0.25, 0.3) is 0 Å². The zero-order chi connectivity index (χ0) is 13.7. The quantitative estimate of drug-likeness (QED) is 0.825. The summed E-state index contributed by atoms with van der Waals surface area (Å²) in [6, 6.07) is 9.37. The van der Waals surface area contributed by atoms with Gasteiger partial charge in [0.2, 0.25) is 5.91 Å². The highest BCUT2D eigenvalue weighted by Crippen LogP contribution is 2.16. The normalized spacial score (nSPS) is 19.3. The van der Waals surface area contributed by atoms with Gasteiger partial charge in [0.15, 0.2) is 0 Å². The Kier molecular flexibility index (Phi) is 4.52. The second-order valence-corrected chi connectivity index (χ2v) is 4.73. The summed E-state index contributed by atoms with van der Waals surface area (Å²) < 4.78 is 0. The van der Waals surface area contributed by atoms with Crippen LogP contribution in [-0.4, -0.2) is 41.0 Å². The van der Waals surface area contributed by atoms with E-state index in [1.54, 1.807) is 4.90 Å². The van der Waals surface area contributed by atoms with Gasteiger partial charge in [-0.25, -0.2) is 0 Å². The average molecular weight is 262 g/mol. The lowest BCUT2D eigenvalue weighted by atomic mass is 10.2. The lowest BCUT2D eigenvalue weighted by Gasteiger charge is -2.21. The zero-order valence-corrected chi connectivity index (χ0v) is 10.7. The van der Waals surface area contributed by atoms with Crippen LogP contribution in [0.2, 0.25) is 0 Å². The minimum atomic E-state index is -0.886. The summed E-state index contributed by atoms with van der Waals surface area (Å²) in [5, 5.41) is 11.7. The van der Waals surface area contributed by atoms with Crippen LogP contribution in [0.5, 0.6) is 0 Å². The SMILES string of the molecule is O=C(O)CN1CCC[C@H]1C(=O)NCc1ccccc1. The van der Waals surface area contributed by atoms with Crippen LogP contribution < -0.4 is 5.32 Å². The van der Waals surface area contributed by atoms with Crippen molar-refractivity contribution in [1.29, 1.82) is 0 Å². The maximum atomic E-state index is 12.1. The summed E-state index contributed by atoms with van der Waals surface area (Å²) >= 11 is 0. The molecular weight excluding hydrogens is 244 g/mol. The molecule has 2 rings (SSSR count). The number of carbonyl (C=O) groups is 2. The molecular formula is C14H18N2O3. The topological polar surface area (TPSA) is 69.6 Å². The maximum absolute atomic E-state index is 12.1. The first-order valence-electron chi connectivity index (χ1n) is 6.44. The van der Waals surface area contributed by atoms with Gasteiger partial charge in [-0.1, -0.05) is 30.3 Å². The fourth-order valence-corrected chi connectivity index (χ4v) is 2.39. The highest BCUT2D eigenvalue weighted by Gasteiger charge is 2.31. The van der Waals surface area contributed by atoms with Gasteiger partial charge in [0.1, 0.15) is 0 Å². The molecule has 5 heteroatoms. The number of carbonyl (C=O) groups excluding carboxylic acids is 1. The van der Waals surface area contributed by atoms with Crippen LogP contribution in [0.15, 0.2) is 30.3 Å². The number of hydrogen-bond donors (Lipinski definition) is 2. The number of likely N-dealkylation sites (tertiary alicyclic amines) is 1. The van der Waals surface area contributed by atoms with E-state index >= 15 is 0 Å². The van der Waals surface area contributed by atoms with E-state index in [0.717, 1.165) is 18.4 Å². The van der Waals surface area contributed by atoms with Crippen LogP contribution >= 0.6 is 0 Å². The molecule has 0 bridgehead atoms. The number of carboxylic acids is 1. The van der Waals surface area contributed by atoms with Crippen molar-refractivity contribution in [2.45, 2.75) is 25.4 Å². The third-order valence-corrected chi connectivity index (χ3v) is 3.31. The number of benzene rings is 1. The van der Waals surface area contributed by atoms with Crippen molar-refractivity contribution in [2.24, 2.45) is 0 Å². The van der Waals surface area contributed by atoms with Crippen molar-refractivity contribution in [3.8, 4) is 0 Å². The molecule has 0 aromatic heterocycles. The van der Waals surface area contributed by atoms with Crippen LogP contribution in [0, 0.1) is 0 Å². The largest absolute Gasteiger partial charge is 0.480 e. The van der Waals surface area contributed by atoms with Crippen molar-refractivity contribution in [3.05, 3.63) is 35.9 Å². The number of hydrogen-bond acceptors (Lipinski definition) is 3. The molecule has 1 amide bonds. The lowest BCUT2D eigenvalue weighted by molar-refractivity contribution is -0.139. The summed E-state index contributed by atoms with van der Waals surface area (Å²) in [5.74, 6) is -0.967. The van der Waals surface area contributed by atoms with Crippen LogP contribution in [-0.2, 0) is 16.1 Å². The summed E-state index contributed by atoms with van der Waals surface area (Å²) in [4.78, 5) is 24.5. The molecule has 0 saturated carbocycles. The van der Waals surface area contributed by atoms with E-state index in [9.17, 15) is 9.59 Å². The Morgan fingerprint density at radius 2 is 2.05 bits per heavy atom. The summed E-state index contributed by atoms with van der Waals surface area (Å²) in [6.07, 6.45) is 1.60. The molecule has 1 atom stereocenters. The molecule has 1 aliphatic heterocycles. The van der Waals surface area contributed by atoms with Crippen LogP contribution in [0.1, 0.15) is 18.4 Å². The summed E-state index contributed by atoms with van der Waals surface area (Å²) in [5.41, 5.74) is 1.04. The van der Waals surface area contributed by atoms with Crippen LogP contribution in [0.3, 0.4) is 0 Å². The van der Waals surface area contributed by atoms with E-state index in [0.29, 0.717) is 13.1 Å². The highest BCUT2D eigenvalue weighted by atomic mass is 16.4. The Bertz CT molecular complexity index is 447. The Morgan fingerprint density at radius 3 is 2.74 bits per heavy atom. The smallest absolute Gasteiger partial charge is 0.317 e. The molecule has 19 heavy (non-hydrogen) atoms. The molecule has 5 nitrogen and oxygen atoms in total. The number of amides is 1. The molecule has 1 aromatic rings. The van der Waals surface area contributed by atoms with E-state index in [-0.39, 0.29) is 18.5 Å². The van der Waals surface area contributed by atoms with Gasteiger partial charge >= 0.3 is 5.97 Å². The predicted molar refractivity (Wildman–Crippen MR) is 70.5 cm³/mol. The van der Waals surface area contributed by atoms with Gasteiger partial charge in [0, 0.05) is 6.54 Å². The number of nitrogens with zero attached hydrogens (tertiary/aromatic N) is 1. The molecule has 0 spiro atoms. The summed E-state index contributed by atoms with van der Waals surface area (Å²) in [6.45, 7) is 1.09. The molecule has 1 heterocycles. The van der Waals surface area contributed by atoms with Gasteiger partial charge in [-0.2, -0.15) is 0 Å². The molecule has 1 aliphatic rings. The number of rotatable bonds is 5. The molecule has 2 N–H and O–H groups in total. The fourth-order valence-electron chi connectivity index (χ4n) is 2.39. The van der Waals surface area contributed by atoms with Crippen molar-refractivity contribution in [1.82, 2.24) is 10.2 Å². The van der Waals surface area contributed by atoms with Gasteiger partial charge < -0.3 is 10.4 Å². The molecule has 1 fully saturated rings. The molecule has 102 valence electrons. The Morgan fingerprint density at radius 1 is 1.32 bits per heavy atom. The Hall–Kier alpha value is -1.88. The van der Waals surface area contributed by atoms with Gasteiger partial charge in [0.25, 0.3) is 0 Å². The van der Waals surface area contributed by atoms with Gasteiger partial charge in [-0.15, -0.1) is 0 Å². The fraction of sp³-hybridized carbons (Fsp3) is 0.429. The third-order valence-electron chi connectivity index (χ3n) is 3.31. The van der Waals surface area contributed by atoms with E-state index < -0.39 is 5.97 Å². The van der Waals surface area contributed by atoms with E-state index in [2.05, 4.69) is 5.32 Å². The van der Waals surface area contributed by atoms with E-state index in [1.807, 2.05) is 30.3 Å². The van der Waals surface area contributed by atoms with Crippen molar-refractivity contribution >= 4 is 11.9 Å². The molecule has 0 radical (unpaired) electrons. The second kappa shape index (κ2) is 6.33.